The van der Waals surface area contributed by atoms with Gasteiger partial charge < -0.3 is 14.8 Å². The van der Waals surface area contributed by atoms with Gasteiger partial charge in [0, 0.05) is 25.2 Å². The van der Waals surface area contributed by atoms with Crippen molar-refractivity contribution in [2.75, 3.05) is 25.5 Å². The fraction of sp³-hybridized carbons (Fsp3) is 0.250. The highest BCUT2D eigenvalue weighted by molar-refractivity contribution is 7.89. The number of sulfonamides is 1. The highest BCUT2D eigenvalue weighted by Crippen LogP contribution is 2.30. The van der Waals surface area contributed by atoms with E-state index in [1.165, 1.54) is 4.31 Å². The zero-order valence-electron chi connectivity index (χ0n) is 18.2. The van der Waals surface area contributed by atoms with Crippen molar-refractivity contribution in [1.82, 2.24) is 9.29 Å². The van der Waals surface area contributed by atoms with Gasteiger partial charge in [0.25, 0.3) is 0 Å². The predicted molar refractivity (Wildman–Crippen MR) is 124 cm³/mol. The number of nitrogens with zero attached hydrogens (tertiary/aromatic N) is 2. The Bertz CT molecular complexity index is 1190. The standard InChI is InChI=1S/C24H25N3O5S/c1-31-19-9-11-20(12-10-19)32-24-22(8-5-15-25-24)26-23(28)18-13-16-27(17-14-18)33(29,30)21-6-3-2-4-7-21/h2-12,15,18H,13-14,16-17H2,1H3,(H,26,28). The van der Waals surface area contributed by atoms with Crippen LogP contribution in [0.4, 0.5) is 5.69 Å². The van der Waals surface area contributed by atoms with Crippen molar-refractivity contribution in [3.05, 3.63) is 72.9 Å². The highest BCUT2D eigenvalue weighted by atomic mass is 32.2. The monoisotopic (exact) mass is 467 g/mol. The van der Waals surface area contributed by atoms with Gasteiger partial charge >= 0.3 is 0 Å². The van der Waals surface area contributed by atoms with E-state index in [4.69, 9.17) is 9.47 Å². The Morgan fingerprint density at radius 3 is 2.30 bits per heavy atom. The summed E-state index contributed by atoms with van der Waals surface area (Å²) < 4.78 is 38.0. The number of hydrogen-bond acceptors (Lipinski definition) is 6. The first-order valence-electron chi connectivity index (χ1n) is 10.6. The van der Waals surface area contributed by atoms with Gasteiger partial charge in [-0.15, -0.1) is 0 Å². The Morgan fingerprint density at radius 1 is 0.970 bits per heavy atom. The van der Waals surface area contributed by atoms with Crippen molar-refractivity contribution in [2.45, 2.75) is 17.7 Å². The first kappa shape index (κ1) is 22.8. The number of benzene rings is 2. The number of piperidine rings is 1. The van der Waals surface area contributed by atoms with Crippen LogP contribution in [0, 0.1) is 5.92 Å². The number of anilines is 1. The van der Waals surface area contributed by atoms with Crippen LogP contribution in [0.1, 0.15) is 12.8 Å². The molecule has 0 spiro atoms. The van der Waals surface area contributed by atoms with E-state index < -0.39 is 10.0 Å². The Labute approximate surface area is 193 Å². The molecule has 33 heavy (non-hydrogen) atoms. The Balaban J connectivity index is 1.38. The number of hydrogen-bond donors (Lipinski definition) is 1. The smallest absolute Gasteiger partial charge is 0.243 e. The first-order valence-corrected chi connectivity index (χ1v) is 12.0. The first-order chi connectivity index (χ1) is 16.0. The largest absolute Gasteiger partial charge is 0.497 e. The van der Waals surface area contributed by atoms with Crippen LogP contribution in [-0.4, -0.2) is 43.8 Å². The van der Waals surface area contributed by atoms with Crippen LogP contribution in [0.25, 0.3) is 0 Å². The van der Waals surface area contributed by atoms with E-state index >= 15 is 0 Å². The molecule has 0 radical (unpaired) electrons. The summed E-state index contributed by atoms with van der Waals surface area (Å²) in [7, 11) is -1.97. The molecular formula is C24H25N3O5S. The van der Waals surface area contributed by atoms with Crippen LogP contribution < -0.4 is 14.8 Å². The molecule has 4 rings (SSSR count). The normalized spacial score (nSPS) is 15.1. The summed E-state index contributed by atoms with van der Waals surface area (Å²) in [6.45, 7) is 0.578. The van der Waals surface area contributed by atoms with Gasteiger partial charge in [0.1, 0.15) is 17.2 Å². The lowest BCUT2D eigenvalue weighted by Crippen LogP contribution is -2.41. The predicted octanol–water partition coefficient (Wildman–Crippen LogP) is 3.92. The topological polar surface area (TPSA) is 97.8 Å². The molecule has 0 aliphatic carbocycles. The van der Waals surface area contributed by atoms with Gasteiger partial charge in [-0.1, -0.05) is 18.2 Å². The van der Waals surface area contributed by atoms with Crippen molar-refractivity contribution in [3.8, 4) is 17.4 Å². The third kappa shape index (κ3) is 5.32. The van der Waals surface area contributed by atoms with Gasteiger partial charge in [0.05, 0.1) is 12.0 Å². The zero-order valence-corrected chi connectivity index (χ0v) is 19.0. The molecule has 1 aliphatic rings. The van der Waals surface area contributed by atoms with E-state index in [-0.39, 0.29) is 35.7 Å². The molecule has 0 saturated carbocycles. The van der Waals surface area contributed by atoms with Crippen molar-refractivity contribution >= 4 is 21.6 Å². The molecule has 1 N–H and O–H groups in total. The van der Waals surface area contributed by atoms with Crippen molar-refractivity contribution in [1.29, 1.82) is 0 Å². The number of carbonyl (C=O) groups is 1. The molecule has 1 saturated heterocycles. The van der Waals surface area contributed by atoms with Crippen molar-refractivity contribution in [2.24, 2.45) is 5.92 Å². The van der Waals surface area contributed by atoms with E-state index in [2.05, 4.69) is 10.3 Å². The van der Waals surface area contributed by atoms with Crippen LogP contribution in [0.15, 0.2) is 77.8 Å². The van der Waals surface area contributed by atoms with Crippen LogP contribution >= 0.6 is 0 Å². The third-order valence-electron chi connectivity index (χ3n) is 5.51. The summed E-state index contributed by atoms with van der Waals surface area (Å²) in [6.07, 6.45) is 2.46. The van der Waals surface area contributed by atoms with Crippen LogP contribution in [0.3, 0.4) is 0 Å². The molecule has 0 atom stereocenters. The van der Waals surface area contributed by atoms with Crippen LogP contribution in [0.2, 0.25) is 0 Å². The zero-order chi connectivity index (χ0) is 23.3. The van der Waals surface area contributed by atoms with Gasteiger partial charge in [-0.05, 0) is 61.4 Å². The molecule has 8 nitrogen and oxygen atoms in total. The summed E-state index contributed by atoms with van der Waals surface area (Å²) in [6, 6.07) is 18.8. The average Bonchev–Trinajstić information content (AvgIpc) is 2.86. The highest BCUT2D eigenvalue weighted by Gasteiger charge is 2.32. The molecule has 3 aromatic rings. The van der Waals surface area contributed by atoms with E-state index in [0.717, 1.165) is 0 Å². The molecular weight excluding hydrogens is 442 g/mol. The van der Waals surface area contributed by atoms with Gasteiger partial charge in [-0.2, -0.15) is 4.31 Å². The number of amides is 1. The molecule has 9 heteroatoms. The number of carbonyl (C=O) groups excluding carboxylic acids is 1. The minimum atomic E-state index is -3.55. The maximum absolute atomic E-state index is 12.9. The summed E-state index contributed by atoms with van der Waals surface area (Å²) in [5, 5.41) is 2.89. The minimum Gasteiger partial charge on any atom is -0.497 e. The van der Waals surface area contributed by atoms with E-state index in [0.29, 0.717) is 30.0 Å². The lowest BCUT2D eigenvalue weighted by molar-refractivity contribution is -0.120. The number of aromatic nitrogens is 1. The molecule has 0 unspecified atom stereocenters. The van der Waals surface area contributed by atoms with Gasteiger partial charge in [-0.25, -0.2) is 13.4 Å². The maximum atomic E-state index is 12.9. The van der Waals surface area contributed by atoms with E-state index in [1.807, 2.05) is 0 Å². The van der Waals surface area contributed by atoms with Gasteiger partial charge in [0.2, 0.25) is 21.8 Å². The number of pyridine rings is 1. The fourth-order valence-electron chi connectivity index (χ4n) is 3.66. The molecule has 0 bridgehead atoms. The Kier molecular flexibility index (Phi) is 6.90. The summed E-state index contributed by atoms with van der Waals surface area (Å²) >= 11 is 0. The SMILES string of the molecule is COc1ccc(Oc2ncccc2NC(=O)C2CCN(S(=O)(=O)c3ccccc3)CC2)cc1. The van der Waals surface area contributed by atoms with Crippen LogP contribution in [0.5, 0.6) is 17.4 Å². The molecule has 1 fully saturated rings. The molecule has 1 amide bonds. The summed E-state index contributed by atoms with van der Waals surface area (Å²) in [5.74, 6) is 1.06. The minimum absolute atomic E-state index is 0.181. The molecule has 2 aromatic carbocycles. The van der Waals surface area contributed by atoms with E-state index in [1.54, 1.807) is 80.0 Å². The average molecular weight is 468 g/mol. The second kappa shape index (κ2) is 10.0. The Hall–Kier alpha value is -3.43. The van der Waals surface area contributed by atoms with Gasteiger partial charge in [0.15, 0.2) is 0 Å². The molecule has 172 valence electrons. The summed E-state index contributed by atoms with van der Waals surface area (Å²) in [4.78, 5) is 17.4. The lowest BCUT2D eigenvalue weighted by atomic mass is 9.97. The third-order valence-corrected chi connectivity index (χ3v) is 7.42. The fourth-order valence-corrected chi connectivity index (χ4v) is 5.15. The van der Waals surface area contributed by atoms with Crippen molar-refractivity contribution < 1.29 is 22.7 Å². The Morgan fingerprint density at radius 2 is 1.64 bits per heavy atom. The molecule has 1 aliphatic heterocycles. The number of rotatable bonds is 7. The molecule has 1 aromatic heterocycles. The molecule has 2 heterocycles. The van der Waals surface area contributed by atoms with Crippen LogP contribution in [-0.2, 0) is 14.8 Å². The van der Waals surface area contributed by atoms with Crippen molar-refractivity contribution in [3.63, 3.8) is 0 Å². The number of nitrogens with one attached hydrogen (secondary N) is 1. The van der Waals surface area contributed by atoms with Gasteiger partial charge in [-0.3, -0.25) is 4.79 Å². The summed E-state index contributed by atoms with van der Waals surface area (Å²) in [5.41, 5.74) is 0.456. The second-order valence-electron chi connectivity index (χ2n) is 7.61. The lowest BCUT2D eigenvalue weighted by Gasteiger charge is -2.30. The number of methoxy groups -OCH3 is 1. The quantitative estimate of drug-likeness (QED) is 0.566. The van der Waals surface area contributed by atoms with E-state index in [9.17, 15) is 13.2 Å². The second-order valence-corrected chi connectivity index (χ2v) is 9.55. The number of ether oxygens (including phenoxy) is 2. The maximum Gasteiger partial charge on any atom is 0.243 e.